The summed E-state index contributed by atoms with van der Waals surface area (Å²) in [5.41, 5.74) is 0.757. The van der Waals surface area contributed by atoms with Gasteiger partial charge in [0.2, 0.25) is 0 Å². The van der Waals surface area contributed by atoms with Crippen molar-refractivity contribution >= 4 is 22.6 Å². The summed E-state index contributed by atoms with van der Waals surface area (Å²) in [6, 6.07) is 0. The van der Waals surface area contributed by atoms with E-state index in [0.29, 0.717) is 23.4 Å². The minimum atomic E-state index is 0.249. The van der Waals surface area contributed by atoms with Gasteiger partial charge in [0.1, 0.15) is 11.0 Å². The van der Waals surface area contributed by atoms with E-state index in [4.69, 9.17) is 16.7 Å². The Labute approximate surface area is 116 Å². The fraction of sp³-hybridized carbons (Fsp3) is 0.583. The van der Waals surface area contributed by atoms with Crippen molar-refractivity contribution < 1.29 is 5.11 Å². The minimum Gasteiger partial charge on any atom is -0.396 e. The lowest BCUT2D eigenvalue weighted by Crippen LogP contribution is -2.22. The Morgan fingerprint density at radius 1 is 1.47 bits per heavy atom. The summed E-state index contributed by atoms with van der Waals surface area (Å²) in [5.74, 6) is 1.08. The third kappa shape index (κ3) is 2.43. The number of hydrogen-bond acceptors (Lipinski definition) is 5. The first-order valence-corrected chi connectivity index (χ1v) is 6.72. The van der Waals surface area contributed by atoms with Crippen LogP contribution in [0.25, 0.3) is 11.0 Å². The molecule has 0 bridgehead atoms. The van der Waals surface area contributed by atoms with Crippen LogP contribution in [-0.4, -0.2) is 49.5 Å². The fourth-order valence-electron chi connectivity index (χ4n) is 2.51. The predicted octanol–water partition coefficient (Wildman–Crippen LogP) is 0.831. The van der Waals surface area contributed by atoms with Gasteiger partial charge in [0.25, 0.3) is 0 Å². The maximum atomic E-state index is 9.15. The predicted molar refractivity (Wildman–Crippen MR) is 71.8 cm³/mol. The molecule has 19 heavy (non-hydrogen) atoms. The van der Waals surface area contributed by atoms with E-state index in [-0.39, 0.29) is 6.61 Å². The molecule has 0 aliphatic carbocycles. The number of aliphatic hydroxyl groups is 1. The third-order valence-corrected chi connectivity index (χ3v) is 3.87. The average Bonchev–Trinajstić information content (AvgIpc) is 2.98. The molecule has 1 atom stereocenters. The molecule has 2 aromatic heterocycles. The number of hydrogen-bond donors (Lipinski definition) is 1. The highest BCUT2D eigenvalue weighted by Crippen LogP contribution is 2.21. The van der Waals surface area contributed by atoms with E-state index in [1.165, 1.54) is 0 Å². The van der Waals surface area contributed by atoms with Crippen LogP contribution >= 0.6 is 11.6 Å². The Morgan fingerprint density at radius 2 is 2.32 bits per heavy atom. The Balaban J connectivity index is 1.83. The number of rotatable bonds is 3. The van der Waals surface area contributed by atoms with Crippen molar-refractivity contribution in [2.24, 2.45) is 13.0 Å². The first-order valence-electron chi connectivity index (χ1n) is 6.34. The number of fused-ring (bicyclic) bond motifs is 1. The van der Waals surface area contributed by atoms with Crippen LogP contribution < -0.4 is 0 Å². The van der Waals surface area contributed by atoms with Crippen molar-refractivity contribution in [2.45, 2.75) is 13.0 Å². The lowest BCUT2D eigenvalue weighted by Gasteiger charge is -2.14. The van der Waals surface area contributed by atoms with E-state index in [9.17, 15) is 0 Å². The molecule has 1 fully saturated rings. The molecule has 1 aliphatic rings. The highest BCUT2D eigenvalue weighted by molar-refractivity contribution is 6.33. The highest BCUT2D eigenvalue weighted by atomic mass is 35.5. The second-order valence-corrected chi connectivity index (χ2v) is 5.37. The topological polar surface area (TPSA) is 67.1 Å². The van der Waals surface area contributed by atoms with E-state index in [1.807, 2.05) is 7.05 Å². The zero-order valence-electron chi connectivity index (χ0n) is 10.8. The number of nitrogens with zero attached hydrogens (tertiary/aromatic N) is 5. The largest absolute Gasteiger partial charge is 0.396 e. The zero-order valence-corrected chi connectivity index (χ0v) is 11.5. The monoisotopic (exact) mass is 281 g/mol. The summed E-state index contributed by atoms with van der Waals surface area (Å²) in [6.07, 6.45) is 2.71. The van der Waals surface area contributed by atoms with Gasteiger partial charge in [-0.1, -0.05) is 11.6 Å². The fourth-order valence-corrected chi connectivity index (χ4v) is 2.74. The average molecular weight is 282 g/mol. The maximum Gasteiger partial charge on any atom is 0.162 e. The molecular weight excluding hydrogens is 266 g/mol. The van der Waals surface area contributed by atoms with Gasteiger partial charge in [0.05, 0.1) is 18.1 Å². The molecule has 3 rings (SSSR count). The van der Waals surface area contributed by atoms with E-state index in [1.54, 1.807) is 10.9 Å². The van der Waals surface area contributed by atoms with Crippen LogP contribution in [0.1, 0.15) is 12.2 Å². The summed E-state index contributed by atoms with van der Waals surface area (Å²) in [4.78, 5) is 11.1. The van der Waals surface area contributed by atoms with Gasteiger partial charge < -0.3 is 5.11 Å². The summed E-state index contributed by atoms with van der Waals surface area (Å²) < 4.78 is 1.70. The second-order valence-electron chi connectivity index (χ2n) is 5.01. The lowest BCUT2D eigenvalue weighted by atomic mass is 10.1. The molecule has 7 heteroatoms. The number of aryl methyl sites for hydroxylation is 1. The van der Waals surface area contributed by atoms with Gasteiger partial charge in [-0.15, -0.1) is 0 Å². The molecule has 0 saturated carbocycles. The Morgan fingerprint density at radius 3 is 3.05 bits per heavy atom. The quantitative estimate of drug-likeness (QED) is 0.844. The molecular formula is C12H16ClN5O. The van der Waals surface area contributed by atoms with Gasteiger partial charge in [-0.2, -0.15) is 5.10 Å². The van der Waals surface area contributed by atoms with Crippen molar-refractivity contribution in [1.82, 2.24) is 24.6 Å². The van der Waals surface area contributed by atoms with Gasteiger partial charge in [0, 0.05) is 20.2 Å². The number of likely N-dealkylation sites (tertiary alicyclic amines) is 1. The molecule has 1 N–H and O–H groups in total. The Hall–Kier alpha value is -1.24. The second kappa shape index (κ2) is 5.03. The van der Waals surface area contributed by atoms with E-state index >= 15 is 0 Å². The van der Waals surface area contributed by atoms with Crippen molar-refractivity contribution in [3.8, 4) is 0 Å². The Kier molecular flexibility index (Phi) is 3.38. The third-order valence-electron chi connectivity index (χ3n) is 3.59. The van der Waals surface area contributed by atoms with Gasteiger partial charge >= 0.3 is 0 Å². The lowest BCUT2D eigenvalue weighted by molar-refractivity contribution is 0.219. The summed E-state index contributed by atoms with van der Waals surface area (Å²) in [5, 5.41) is 14.5. The molecule has 6 nitrogen and oxygen atoms in total. The normalized spacial score (nSPS) is 20.5. The molecule has 0 radical (unpaired) electrons. The Bertz CT molecular complexity index is 599. The SMILES string of the molecule is Cn1ncc2c(Cl)nc(CN3CCC(CO)C3)nc21. The van der Waals surface area contributed by atoms with Gasteiger partial charge in [-0.25, -0.2) is 9.97 Å². The van der Waals surface area contributed by atoms with Crippen LogP contribution in [0.4, 0.5) is 0 Å². The van der Waals surface area contributed by atoms with Crippen LogP contribution in [0.3, 0.4) is 0 Å². The van der Waals surface area contributed by atoms with Crippen molar-refractivity contribution in [1.29, 1.82) is 0 Å². The number of aliphatic hydroxyl groups excluding tert-OH is 1. The van der Waals surface area contributed by atoms with E-state index < -0.39 is 0 Å². The van der Waals surface area contributed by atoms with Gasteiger partial charge in [-0.05, 0) is 18.9 Å². The minimum absolute atomic E-state index is 0.249. The molecule has 0 spiro atoms. The van der Waals surface area contributed by atoms with Crippen molar-refractivity contribution in [2.75, 3.05) is 19.7 Å². The zero-order chi connectivity index (χ0) is 13.4. The van der Waals surface area contributed by atoms with Crippen LogP contribution in [0, 0.1) is 5.92 Å². The molecule has 1 unspecified atom stereocenters. The molecule has 2 aromatic rings. The number of aromatic nitrogens is 4. The first kappa shape index (κ1) is 12.8. The molecule has 1 saturated heterocycles. The summed E-state index contributed by atoms with van der Waals surface area (Å²) in [7, 11) is 1.84. The molecule has 0 amide bonds. The molecule has 1 aliphatic heterocycles. The standard InChI is InChI=1S/C12H16ClN5O/c1-17-12-9(4-14-17)11(13)15-10(16-12)6-18-3-2-8(5-18)7-19/h4,8,19H,2-3,5-7H2,1H3. The molecule has 3 heterocycles. The van der Waals surface area contributed by atoms with Crippen molar-refractivity contribution in [3.05, 3.63) is 17.2 Å². The van der Waals surface area contributed by atoms with E-state index in [0.717, 1.165) is 30.5 Å². The van der Waals surface area contributed by atoms with Crippen molar-refractivity contribution in [3.63, 3.8) is 0 Å². The van der Waals surface area contributed by atoms with Gasteiger partial charge in [-0.3, -0.25) is 9.58 Å². The number of halogens is 1. The van der Waals surface area contributed by atoms with Crippen LogP contribution in [0.5, 0.6) is 0 Å². The highest BCUT2D eigenvalue weighted by Gasteiger charge is 2.23. The summed E-state index contributed by atoms with van der Waals surface area (Å²) in [6.45, 7) is 2.77. The molecule has 0 aromatic carbocycles. The van der Waals surface area contributed by atoms with Crippen LogP contribution in [0.15, 0.2) is 6.20 Å². The van der Waals surface area contributed by atoms with E-state index in [2.05, 4.69) is 20.0 Å². The van der Waals surface area contributed by atoms with Crippen LogP contribution in [0.2, 0.25) is 5.15 Å². The van der Waals surface area contributed by atoms with Gasteiger partial charge in [0.15, 0.2) is 5.65 Å². The van der Waals surface area contributed by atoms with Crippen LogP contribution in [-0.2, 0) is 13.6 Å². The first-order chi connectivity index (χ1) is 9.17. The summed E-state index contributed by atoms with van der Waals surface area (Å²) >= 11 is 6.15. The molecule has 102 valence electrons. The maximum absolute atomic E-state index is 9.15. The smallest absolute Gasteiger partial charge is 0.162 e.